The van der Waals surface area contributed by atoms with Crippen molar-refractivity contribution in [2.45, 2.75) is 19.8 Å². The molecule has 0 atom stereocenters. The first-order valence-corrected chi connectivity index (χ1v) is 12.1. The van der Waals surface area contributed by atoms with E-state index in [0.29, 0.717) is 22.3 Å². The normalized spacial score (nSPS) is 11.4. The van der Waals surface area contributed by atoms with Gasteiger partial charge in [-0.2, -0.15) is 9.78 Å². The largest absolute Gasteiger partial charge is 0.482 e. The summed E-state index contributed by atoms with van der Waals surface area (Å²) in [6, 6.07) is 16.0. The maximum absolute atomic E-state index is 13.7. The average molecular weight is 572 g/mol. The third kappa shape index (κ3) is 5.80. The number of carbonyl (C=O) groups is 1. The van der Waals surface area contributed by atoms with E-state index in [0.717, 1.165) is 4.47 Å². The van der Waals surface area contributed by atoms with Crippen LogP contribution in [0.4, 0.5) is 10.1 Å². The third-order valence-corrected chi connectivity index (χ3v) is 5.92. The van der Waals surface area contributed by atoms with Gasteiger partial charge in [0.25, 0.3) is 11.5 Å². The molecule has 0 aliphatic carbocycles. The molecule has 0 aliphatic heterocycles. The number of hydrogen-bond donors (Lipinski definition) is 1. The molecular formula is C26H21BrClFN4O3. The summed E-state index contributed by atoms with van der Waals surface area (Å²) in [4.78, 5) is 29.8. The number of halogens is 3. The lowest BCUT2D eigenvalue weighted by atomic mass is 10.2. The molecule has 1 heterocycles. The lowest BCUT2D eigenvalue weighted by molar-refractivity contribution is -0.118. The molecule has 1 N–H and O–H groups in total. The highest BCUT2D eigenvalue weighted by molar-refractivity contribution is 9.10. The Morgan fingerprint density at radius 1 is 1.22 bits per heavy atom. The fourth-order valence-electron chi connectivity index (χ4n) is 3.38. The van der Waals surface area contributed by atoms with Gasteiger partial charge in [0.1, 0.15) is 17.4 Å². The maximum atomic E-state index is 13.7. The molecule has 0 spiro atoms. The SMILES string of the molecule is CC(C)c1nc2ccc(Br)cc2c(=O)n1N=Cc1ccc(OCC(=O)Nc2ccccc2F)c(Cl)c1. The summed E-state index contributed by atoms with van der Waals surface area (Å²) in [5, 5.41) is 7.51. The van der Waals surface area contributed by atoms with Gasteiger partial charge in [0.05, 0.1) is 27.8 Å². The van der Waals surface area contributed by atoms with Gasteiger partial charge in [0.15, 0.2) is 6.61 Å². The molecular weight excluding hydrogens is 551 g/mol. The summed E-state index contributed by atoms with van der Waals surface area (Å²) >= 11 is 9.71. The van der Waals surface area contributed by atoms with Crippen LogP contribution >= 0.6 is 27.5 Å². The van der Waals surface area contributed by atoms with E-state index in [-0.39, 0.29) is 34.5 Å². The number of rotatable bonds is 7. The topological polar surface area (TPSA) is 85.6 Å². The number of hydrogen-bond acceptors (Lipinski definition) is 5. The Morgan fingerprint density at radius 2 is 2.00 bits per heavy atom. The predicted molar refractivity (Wildman–Crippen MR) is 143 cm³/mol. The van der Waals surface area contributed by atoms with E-state index >= 15 is 0 Å². The van der Waals surface area contributed by atoms with Crippen LogP contribution in [0.2, 0.25) is 5.02 Å². The Kier molecular flexibility index (Phi) is 7.81. The van der Waals surface area contributed by atoms with E-state index in [4.69, 9.17) is 16.3 Å². The molecule has 36 heavy (non-hydrogen) atoms. The fraction of sp³-hybridized carbons (Fsp3) is 0.154. The van der Waals surface area contributed by atoms with Gasteiger partial charge >= 0.3 is 0 Å². The molecule has 0 saturated carbocycles. The minimum atomic E-state index is -0.540. The molecule has 0 fully saturated rings. The van der Waals surface area contributed by atoms with E-state index in [1.54, 1.807) is 36.4 Å². The summed E-state index contributed by atoms with van der Waals surface area (Å²) in [5.74, 6) is -0.315. The first kappa shape index (κ1) is 25.5. The summed E-state index contributed by atoms with van der Waals surface area (Å²) in [5.41, 5.74) is 0.990. The molecule has 0 saturated heterocycles. The summed E-state index contributed by atoms with van der Waals surface area (Å²) < 4.78 is 21.2. The zero-order valence-electron chi connectivity index (χ0n) is 19.3. The van der Waals surface area contributed by atoms with Crippen molar-refractivity contribution < 1.29 is 13.9 Å². The molecule has 0 bridgehead atoms. The van der Waals surface area contributed by atoms with Gasteiger partial charge in [-0.25, -0.2) is 9.37 Å². The molecule has 4 rings (SSSR count). The number of fused-ring (bicyclic) bond motifs is 1. The number of carbonyl (C=O) groups excluding carboxylic acids is 1. The molecule has 0 aliphatic rings. The number of benzene rings is 3. The van der Waals surface area contributed by atoms with Crippen molar-refractivity contribution >= 4 is 56.2 Å². The lowest BCUT2D eigenvalue weighted by Gasteiger charge is -2.12. The van der Waals surface area contributed by atoms with Crippen LogP contribution in [0.5, 0.6) is 5.75 Å². The van der Waals surface area contributed by atoms with Crippen molar-refractivity contribution in [3.05, 3.63) is 97.7 Å². The molecule has 7 nitrogen and oxygen atoms in total. The first-order chi connectivity index (χ1) is 17.2. The van der Waals surface area contributed by atoms with Crippen LogP contribution in [0.3, 0.4) is 0 Å². The second-order valence-electron chi connectivity index (χ2n) is 8.15. The number of ether oxygens (including phenoxy) is 1. The molecule has 1 amide bonds. The van der Waals surface area contributed by atoms with E-state index in [1.165, 1.54) is 29.1 Å². The van der Waals surface area contributed by atoms with Gasteiger partial charge in [-0.05, 0) is 54.1 Å². The number of para-hydroxylation sites is 1. The predicted octanol–water partition coefficient (Wildman–Crippen LogP) is 5.97. The van der Waals surface area contributed by atoms with E-state index in [1.807, 2.05) is 19.9 Å². The summed E-state index contributed by atoms with van der Waals surface area (Å²) in [6.07, 6.45) is 1.50. The molecule has 1 aromatic heterocycles. The van der Waals surface area contributed by atoms with E-state index < -0.39 is 11.7 Å². The van der Waals surface area contributed by atoms with Crippen LogP contribution in [0.25, 0.3) is 10.9 Å². The Balaban J connectivity index is 1.52. The highest BCUT2D eigenvalue weighted by Crippen LogP contribution is 2.25. The maximum Gasteiger partial charge on any atom is 0.282 e. The van der Waals surface area contributed by atoms with Crippen LogP contribution in [-0.2, 0) is 4.79 Å². The van der Waals surface area contributed by atoms with Crippen molar-refractivity contribution in [2.24, 2.45) is 5.10 Å². The van der Waals surface area contributed by atoms with Gasteiger partial charge in [0.2, 0.25) is 0 Å². The zero-order valence-corrected chi connectivity index (χ0v) is 21.7. The van der Waals surface area contributed by atoms with Crippen LogP contribution in [0.1, 0.15) is 31.2 Å². The molecule has 4 aromatic rings. The first-order valence-electron chi connectivity index (χ1n) is 11.0. The van der Waals surface area contributed by atoms with Gasteiger partial charge in [0, 0.05) is 10.4 Å². The molecule has 0 radical (unpaired) electrons. The van der Waals surface area contributed by atoms with Crippen molar-refractivity contribution in [2.75, 3.05) is 11.9 Å². The number of nitrogens with one attached hydrogen (secondary N) is 1. The minimum Gasteiger partial charge on any atom is -0.482 e. The average Bonchev–Trinajstić information content (AvgIpc) is 2.84. The van der Waals surface area contributed by atoms with E-state index in [9.17, 15) is 14.0 Å². The van der Waals surface area contributed by atoms with Crippen LogP contribution in [0, 0.1) is 5.82 Å². The second-order valence-corrected chi connectivity index (χ2v) is 9.48. The molecule has 10 heteroatoms. The minimum absolute atomic E-state index is 0.0437. The van der Waals surface area contributed by atoms with Crippen molar-refractivity contribution in [3.8, 4) is 5.75 Å². The van der Waals surface area contributed by atoms with Crippen molar-refractivity contribution in [3.63, 3.8) is 0 Å². The molecule has 3 aromatic carbocycles. The standard InChI is InChI=1S/C26H21BrClFN4O3/c1-15(2)25-32-21-9-8-17(27)12-18(21)26(35)33(25)30-13-16-7-10-23(19(28)11-16)36-14-24(34)31-22-6-4-3-5-20(22)29/h3-13,15H,14H2,1-2H3,(H,31,34). The van der Waals surface area contributed by atoms with E-state index in [2.05, 4.69) is 31.3 Å². The summed E-state index contributed by atoms with van der Waals surface area (Å²) in [7, 11) is 0. The quantitative estimate of drug-likeness (QED) is 0.277. The van der Waals surface area contributed by atoms with Crippen molar-refractivity contribution in [1.82, 2.24) is 9.66 Å². The number of anilines is 1. The Labute approximate surface area is 219 Å². The van der Waals surface area contributed by atoms with Gasteiger partial charge in [-0.1, -0.05) is 53.5 Å². The Hall–Kier alpha value is -3.56. The van der Waals surface area contributed by atoms with Gasteiger partial charge in [-0.3, -0.25) is 9.59 Å². The fourth-order valence-corrected chi connectivity index (χ4v) is 3.99. The summed E-state index contributed by atoms with van der Waals surface area (Å²) in [6.45, 7) is 3.51. The van der Waals surface area contributed by atoms with Crippen molar-refractivity contribution in [1.29, 1.82) is 0 Å². The number of nitrogens with zero attached hydrogens (tertiary/aromatic N) is 3. The Morgan fingerprint density at radius 3 is 2.72 bits per heavy atom. The third-order valence-electron chi connectivity index (χ3n) is 5.13. The van der Waals surface area contributed by atoms with Gasteiger partial charge in [-0.15, -0.1) is 0 Å². The van der Waals surface area contributed by atoms with Crippen LogP contribution in [-0.4, -0.2) is 28.4 Å². The van der Waals surface area contributed by atoms with Crippen LogP contribution < -0.4 is 15.6 Å². The number of amides is 1. The molecule has 184 valence electrons. The monoisotopic (exact) mass is 570 g/mol. The smallest absolute Gasteiger partial charge is 0.282 e. The lowest BCUT2D eigenvalue weighted by Crippen LogP contribution is -2.23. The second kappa shape index (κ2) is 11.0. The number of aromatic nitrogens is 2. The Bertz CT molecular complexity index is 1540. The van der Waals surface area contributed by atoms with Gasteiger partial charge < -0.3 is 10.1 Å². The highest BCUT2D eigenvalue weighted by Gasteiger charge is 2.14. The van der Waals surface area contributed by atoms with Crippen LogP contribution in [0.15, 0.2) is 75.0 Å². The highest BCUT2D eigenvalue weighted by atomic mass is 79.9. The molecule has 0 unspecified atom stereocenters. The zero-order chi connectivity index (χ0) is 25.8.